The third-order valence-corrected chi connectivity index (χ3v) is 1.91. The van der Waals surface area contributed by atoms with Crippen molar-refractivity contribution in [3.63, 3.8) is 0 Å². The molecule has 0 aromatic carbocycles. The molecule has 80 valence electrons. The minimum atomic E-state index is -3.37. The molecule has 0 aliphatic carbocycles. The average Bonchev–Trinajstić information content (AvgIpc) is 2.02. The first-order valence-corrected chi connectivity index (χ1v) is 5.39. The molecular formula is C7H11ClN2O3S. The van der Waals surface area contributed by atoms with Crippen LogP contribution in [0.15, 0.2) is 24.5 Å². The molecule has 0 bridgehead atoms. The number of rotatable bonds is 3. The van der Waals surface area contributed by atoms with E-state index in [0.717, 1.165) is 11.8 Å². The van der Waals surface area contributed by atoms with Crippen LogP contribution in [0.1, 0.15) is 5.56 Å². The van der Waals surface area contributed by atoms with Gasteiger partial charge >= 0.3 is 0 Å². The maximum absolute atomic E-state index is 10.6. The van der Waals surface area contributed by atoms with Crippen molar-refractivity contribution in [1.82, 2.24) is 0 Å². The summed E-state index contributed by atoms with van der Waals surface area (Å²) < 4.78 is 27.2. The number of pyridine rings is 1. The Balaban J connectivity index is 0.00000169. The Labute approximate surface area is 89.0 Å². The van der Waals surface area contributed by atoms with Gasteiger partial charge in [-0.1, -0.05) is 4.68 Å². The largest absolute Gasteiger partial charge is 1.00 e. The molecule has 0 amide bonds. The number of aromatic nitrogens is 1. The van der Waals surface area contributed by atoms with Gasteiger partial charge in [0.15, 0.2) is 12.4 Å². The molecule has 5 nitrogen and oxygen atoms in total. The van der Waals surface area contributed by atoms with E-state index in [-0.39, 0.29) is 19.0 Å². The van der Waals surface area contributed by atoms with Crippen LogP contribution in [-0.4, -0.2) is 14.7 Å². The van der Waals surface area contributed by atoms with E-state index in [1.165, 1.54) is 4.68 Å². The first-order valence-electron chi connectivity index (χ1n) is 3.57. The maximum atomic E-state index is 10.6. The highest BCUT2D eigenvalue weighted by molar-refractivity contribution is 7.85. The van der Waals surface area contributed by atoms with Crippen LogP contribution in [0.3, 0.4) is 0 Å². The molecule has 0 saturated heterocycles. The van der Waals surface area contributed by atoms with Gasteiger partial charge in [-0.25, -0.2) is 5.84 Å². The Bertz CT molecular complexity index is 376. The SMILES string of the molecule is CS(=O)(=O)OCc1cc[n+](N)cc1.[Cl-]. The second kappa shape index (κ2) is 5.14. The molecule has 0 aliphatic heterocycles. The lowest BCUT2D eigenvalue weighted by atomic mass is 10.3. The van der Waals surface area contributed by atoms with Crippen LogP contribution in [0, 0.1) is 0 Å². The number of nitrogens with two attached hydrogens (primary N) is 1. The smallest absolute Gasteiger partial charge is 0.264 e. The lowest BCUT2D eigenvalue weighted by Gasteiger charge is -1.99. The Kier molecular flexibility index (Phi) is 4.82. The fourth-order valence-electron chi connectivity index (χ4n) is 0.740. The Hall–Kier alpha value is -0.850. The van der Waals surface area contributed by atoms with Crippen molar-refractivity contribution in [3.8, 4) is 0 Å². The van der Waals surface area contributed by atoms with Crippen LogP contribution >= 0.6 is 0 Å². The van der Waals surface area contributed by atoms with E-state index in [2.05, 4.69) is 4.18 Å². The fourth-order valence-corrected chi connectivity index (χ4v) is 1.09. The summed E-state index contributed by atoms with van der Waals surface area (Å²) in [5.41, 5.74) is 0.757. The normalized spacial score (nSPS) is 10.6. The number of nitrogen functional groups attached to an aromatic ring is 1. The maximum Gasteiger partial charge on any atom is 0.264 e. The number of nitrogens with zero attached hydrogens (tertiary/aromatic N) is 1. The number of halogens is 1. The summed E-state index contributed by atoms with van der Waals surface area (Å²) >= 11 is 0. The van der Waals surface area contributed by atoms with Gasteiger partial charge in [-0.3, -0.25) is 4.18 Å². The second-order valence-corrected chi connectivity index (χ2v) is 4.26. The summed E-state index contributed by atoms with van der Waals surface area (Å²) in [6, 6.07) is 3.37. The average molecular weight is 239 g/mol. The molecule has 7 heteroatoms. The summed E-state index contributed by atoms with van der Waals surface area (Å²) in [5, 5.41) is 0. The van der Waals surface area contributed by atoms with Gasteiger partial charge in [0, 0.05) is 12.1 Å². The van der Waals surface area contributed by atoms with Gasteiger partial charge in [-0.15, -0.1) is 0 Å². The standard InChI is InChI=1S/C7H11N2O3S.ClH/c1-13(10,11)12-6-7-2-4-9(8)5-3-7;/h2-5H,6,8H2,1H3;1H/q+1;/p-1. The highest BCUT2D eigenvalue weighted by Gasteiger charge is 2.03. The van der Waals surface area contributed by atoms with Gasteiger partial charge < -0.3 is 12.4 Å². The predicted octanol–water partition coefficient (Wildman–Crippen LogP) is -3.83. The third kappa shape index (κ3) is 5.00. The van der Waals surface area contributed by atoms with Crippen LogP contribution < -0.4 is 22.9 Å². The highest BCUT2D eigenvalue weighted by atomic mass is 35.5. The van der Waals surface area contributed by atoms with Crippen molar-refractivity contribution in [2.24, 2.45) is 0 Å². The van der Waals surface area contributed by atoms with E-state index in [1.807, 2.05) is 0 Å². The summed E-state index contributed by atoms with van der Waals surface area (Å²) in [7, 11) is -3.37. The van der Waals surface area contributed by atoms with Crippen molar-refractivity contribution >= 4 is 10.1 Å². The lowest BCUT2D eigenvalue weighted by Crippen LogP contribution is -3.00. The molecule has 2 N–H and O–H groups in total. The van der Waals surface area contributed by atoms with Crippen LogP contribution in [0.25, 0.3) is 0 Å². The predicted molar refractivity (Wildman–Crippen MR) is 46.4 cm³/mol. The third-order valence-electron chi connectivity index (χ3n) is 1.36. The van der Waals surface area contributed by atoms with Gasteiger partial charge in [0.25, 0.3) is 10.1 Å². The molecule has 0 aliphatic rings. The van der Waals surface area contributed by atoms with E-state index < -0.39 is 10.1 Å². The summed E-state index contributed by atoms with van der Waals surface area (Å²) in [4.78, 5) is 0. The lowest BCUT2D eigenvalue weighted by molar-refractivity contribution is -0.639. The molecular weight excluding hydrogens is 228 g/mol. The van der Waals surface area contributed by atoms with Crippen molar-refractivity contribution in [2.45, 2.75) is 6.61 Å². The molecule has 0 saturated carbocycles. The van der Waals surface area contributed by atoms with Crippen molar-refractivity contribution in [3.05, 3.63) is 30.1 Å². The van der Waals surface area contributed by atoms with Crippen LogP contribution in [0.4, 0.5) is 0 Å². The first-order chi connectivity index (χ1) is 5.97. The van der Waals surface area contributed by atoms with Crippen LogP contribution in [-0.2, 0) is 20.9 Å². The van der Waals surface area contributed by atoms with E-state index in [4.69, 9.17) is 5.84 Å². The number of hydrogen-bond donors (Lipinski definition) is 1. The molecule has 14 heavy (non-hydrogen) atoms. The topological polar surface area (TPSA) is 73.3 Å². The van der Waals surface area contributed by atoms with Gasteiger partial charge in [0.05, 0.1) is 12.9 Å². The molecule has 0 atom stereocenters. The summed E-state index contributed by atoms with van der Waals surface area (Å²) in [6.07, 6.45) is 4.24. The van der Waals surface area contributed by atoms with E-state index in [9.17, 15) is 8.42 Å². The van der Waals surface area contributed by atoms with E-state index >= 15 is 0 Å². The molecule has 0 spiro atoms. The molecule has 0 unspecified atom stereocenters. The molecule has 0 fully saturated rings. The molecule has 1 heterocycles. The molecule has 0 radical (unpaired) electrons. The minimum absolute atomic E-state index is 0. The minimum Gasteiger partial charge on any atom is -1.00 e. The van der Waals surface area contributed by atoms with Gasteiger partial charge in [0.2, 0.25) is 0 Å². The van der Waals surface area contributed by atoms with E-state index in [1.54, 1.807) is 24.5 Å². The van der Waals surface area contributed by atoms with Crippen molar-refractivity contribution in [2.75, 3.05) is 12.1 Å². The zero-order valence-electron chi connectivity index (χ0n) is 7.55. The fraction of sp³-hybridized carbons (Fsp3) is 0.286. The van der Waals surface area contributed by atoms with Gasteiger partial charge in [0.1, 0.15) is 0 Å². The monoisotopic (exact) mass is 238 g/mol. The zero-order chi connectivity index (χ0) is 9.90. The second-order valence-electron chi connectivity index (χ2n) is 2.62. The zero-order valence-corrected chi connectivity index (χ0v) is 9.12. The van der Waals surface area contributed by atoms with Crippen LogP contribution in [0.2, 0.25) is 0 Å². The summed E-state index contributed by atoms with van der Waals surface area (Å²) in [6.45, 7) is 0.0413. The Morgan fingerprint density at radius 1 is 1.43 bits per heavy atom. The highest BCUT2D eigenvalue weighted by Crippen LogP contribution is 1.99. The van der Waals surface area contributed by atoms with E-state index in [0.29, 0.717) is 0 Å². The quantitative estimate of drug-likeness (QED) is 0.333. The number of hydrogen-bond acceptors (Lipinski definition) is 4. The van der Waals surface area contributed by atoms with Gasteiger partial charge in [-0.2, -0.15) is 8.42 Å². The van der Waals surface area contributed by atoms with Crippen molar-refractivity contribution in [1.29, 1.82) is 0 Å². The molecule has 1 aromatic rings. The van der Waals surface area contributed by atoms with Crippen molar-refractivity contribution < 1.29 is 29.7 Å². The molecule has 1 rings (SSSR count). The summed E-state index contributed by atoms with van der Waals surface area (Å²) in [5.74, 6) is 5.37. The Morgan fingerprint density at radius 2 is 1.93 bits per heavy atom. The first kappa shape index (κ1) is 13.2. The Morgan fingerprint density at radius 3 is 2.36 bits per heavy atom. The van der Waals surface area contributed by atoms with Crippen LogP contribution in [0.5, 0.6) is 0 Å². The van der Waals surface area contributed by atoms with Gasteiger partial charge in [-0.05, 0) is 5.56 Å². The molecule has 1 aromatic heterocycles.